The smallest absolute Gasteiger partial charge is 0.242 e. The predicted molar refractivity (Wildman–Crippen MR) is 85.1 cm³/mol. The maximum Gasteiger partial charge on any atom is 0.242 e. The number of likely N-dealkylation sites (N-methyl/N-ethyl adjacent to an activating group) is 1. The summed E-state index contributed by atoms with van der Waals surface area (Å²) >= 11 is 0. The molecule has 112 valence electrons. The number of nitrogens with zero attached hydrogens (tertiary/aromatic N) is 2. The van der Waals surface area contributed by atoms with Gasteiger partial charge < -0.3 is 14.8 Å². The molecule has 1 heterocycles. The highest BCUT2D eigenvalue weighted by molar-refractivity contribution is 5.84. The molecule has 21 heavy (non-hydrogen) atoms. The van der Waals surface area contributed by atoms with Gasteiger partial charge in [-0.1, -0.05) is 12.1 Å². The molecule has 1 saturated carbocycles. The largest absolute Gasteiger partial charge is 0.338 e. The molecule has 0 bridgehead atoms. The fraction of sp³-hybridized carbons (Fsp3) is 0.471. The Labute approximate surface area is 125 Å². The third-order valence-corrected chi connectivity index (χ3v) is 4.17. The Hall–Kier alpha value is -1.81. The van der Waals surface area contributed by atoms with E-state index >= 15 is 0 Å². The van der Waals surface area contributed by atoms with Crippen molar-refractivity contribution in [3.63, 3.8) is 0 Å². The number of carbonyl (C=O) groups is 1. The molecular weight excluding hydrogens is 262 g/mol. The summed E-state index contributed by atoms with van der Waals surface area (Å²) in [6.45, 7) is 4.16. The Kier molecular flexibility index (Phi) is 3.97. The topological polar surface area (TPSA) is 37.3 Å². The maximum absolute atomic E-state index is 12.5. The SMILES string of the molecule is CCN(C(=O)Cn1ccc2ccc(CNC)cc21)C1CC1. The van der Waals surface area contributed by atoms with E-state index in [2.05, 4.69) is 41.1 Å². The van der Waals surface area contributed by atoms with E-state index in [-0.39, 0.29) is 5.91 Å². The lowest BCUT2D eigenvalue weighted by atomic mass is 10.1. The van der Waals surface area contributed by atoms with Crippen LogP contribution in [0.25, 0.3) is 10.9 Å². The molecule has 4 nitrogen and oxygen atoms in total. The quantitative estimate of drug-likeness (QED) is 0.885. The van der Waals surface area contributed by atoms with Gasteiger partial charge in [0.05, 0.1) is 0 Å². The van der Waals surface area contributed by atoms with E-state index in [1.165, 1.54) is 23.8 Å². The van der Waals surface area contributed by atoms with Crippen molar-refractivity contribution in [2.75, 3.05) is 13.6 Å². The van der Waals surface area contributed by atoms with Crippen LogP contribution in [0.15, 0.2) is 30.5 Å². The first-order valence-electron chi connectivity index (χ1n) is 7.74. The molecule has 0 radical (unpaired) electrons. The molecule has 1 N–H and O–H groups in total. The van der Waals surface area contributed by atoms with E-state index in [0.29, 0.717) is 12.6 Å². The minimum atomic E-state index is 0.233. The van der Waals surface area contributed by atoms with Gasteiger partial charge in [0.25, 0.3) is 0 Å². The number of fused-ring (bicyclic) bond motifs is 1. The molecule has 1 aliphatic carbocycles. The molecule has 0 atom stereocenters. The molecular formula is C17H23N3O. The van der Waals surface area contributed by atoms with E-state index in [9.17, 15) is 4.79 Å². The van der Waals surface area contributed by atoms with Crippen molar-refractivity contribution in [1.29, 1.82) is 0 Å². The Morgan fingerprint density at radius 3 is 2.86 bits per heavy atom. The van der Waals surface area contributed by atoms with Gasteiger partial charge in [-0.15, -0.1) is 0 Å². The van der Waals surface area contributed by atoms with Crippen molar-refractivity contribution in [2.24, 2.45) is 0 Å². The molecule has 1 amide bonds. The second-order valence-electron chi connectivity index (χ2n) is 5.78. The number of carbonyl (C=O) groups excluding carboxylic acids is 1. The third kappa shape index (κ3) is 2.95. The van der Waals surface area contributed by atoms with Gasteiger partial charge >= 0.3 is 0 Å². The van der Waals surface area contributed by atoms with Gasteiger partial charge in [0.2, 0.25) is 5.91 Å². The van der Waals surface area contributed by atoms with E-state index < -0.39 is 0 Å². The van der Waals surface area contributed by atoms with Crippen LogP contribution in [0.2, 0.25) is 0 Å². The molecule has 0 saturated heterocycles. The van der Waals surface area contributed by atoms with Gasteiger partial charge in [0.15, 0.2) is 0 Å². The first-order valence-corrected chi connectivity index (χ1v) is 7.74. The van der Waals surface area contributed by atoms with E-state index in [1.807, 2.05) is 18.1 Å². The maximum atomic E-state index is 12.5. The number of amides is 1. The molecule has 1 fully saturated rings. The first kappa shape index (κ1) is 14.1. The number of nitrogens with one attached hydrogen (secondary N) is 1. The zero-order valence-corrected chi connectivity index (χ0v) is 12.8. The fourth-order valence-electron chi connectivity index (χ4n) is 2.94. The standard InChI is InChI=1S/C17H23N3O/c1-3-20(15-6-7-15)17(21)12-19-9-8-14-5-4-13(11-18-2)10-16(14)19/h4-5,8-10,15,18H,3,6-7,11-12H2,1-2H3. The second kappa shape index (κ2) is 5.90. The third-order valence-electron chi connectivity index (χ3n) is 4.17. The molecule has 1 aromatic heterocycles. The van der Waals surface area contributed by atoms with Crippen LogP contribution in [-0.4, -0.2) is 35.0 Å². The van der Waals surface area contributed by atoms with Crippen molar-refractivity contribution < 1.29 is 4.79 Å². The normalized spacial score (nSPS) is 14.6. The van der Waals surface area contributed by atoms with Crippen LogP contribution in [0, 0.1) is 0 Å². The van der Waals surface area contributed by atoms with Crippen molar-refractivity contribution in [3.05, 3.63) is 36.0 Å². The van der Waals surface area contributed by atoms with Crippen LogP contribution in [0.5, 0.6) is 0 Å². The van der Waals surface area contributed by atoms with Crippen LogP contribution < -0.4 is 5.32 Å². The van der Waals surface area contributed by atoms with Crippen LogP contribution >= 0.6 is 0 Å². The van der Waals surface area contributed by atoms with Gasteiger partial charge in [0, 0.05) is 30.8 Å². The summed E-state index contributed by atoms with van der Waals surface area (Å²) in [6.07, 6.45) is 4.35. The Bertz CT molecular complexity index is 643. The zero-order valence-electron chi connectivity index (χ0n) is 12.8. The molecule has 0 spiro atoms. The lowest BCUT2D eigenvalue weighted by molar-refractivity contribution is -0.132. The lowest BCUT2D eigenvalue weighted by Gasteiger charge is -2.21. The second-order valence-corrected chi connectivity index (χ2v) is 5.78. The Morgan fingerprint density at radius 1 is 1.38 bits per heavy atom. The average Bonchev–Trinajstić information content (AvgIpc) is 3.23. The molecule has 4 heteroatoms. The van der Waals surface area contributed by atoms with Gasteiger partial charge in [-0.25, -0.2) is 0 Å². The highest BCUT2D eigenvalue weighted by Gasteiger charge is 2.31. The number of hydrogen-bond acceptors (Lipinski definition) is 2. The van der Waals surface area contributed by atoms with Gasteiger partial charge in [-0.2, -0.15) is 0 Å². The highest BCUT2D eigenvalue weighted by Crippen LogP contribution is 2.27. The van der Waals surface area contributed by atoms with E-state index in [4.69, 9.17) is 0 Å². The van der Waals surface area contributed by atoms with Crippen LogP contribution in [-0.2, 0) is 17.9 Å². The number of rotatable bonds is 6. The molecule has 1 aromatic carbocycles. The number of hydrogen-bond donors (Lipinski definition) is 1. The fourth-order valence-corrected chi connectivity index (χ4v) is 2.94. The van der Waals surface area contributed by atoms with E-state index in [0.717, 1.165) is 18.6 Å². The lowest BCUT2D eigenvalue weighted by Crippen LogP contribution is -2.35. The van der Waals surface area contributed by atoms with Crippen molar-refractivity contribution in [1.82, 2.24) is 14.8 Å². The summed E-state index contributed by atoms with van der Waals surface area (Å²) in [4.78, 5) is 14.5. The summed E-state index contributed by atoms with van der Waals surface area (Å²) in [6, 6.07) is 9.00. The summed E-state index contributed by atoms with van der Waals surface area (Å²) in [5.41, 5.74) is 2.38. The highest BCUT2D eigenvalue weighted by atomic mass is 16.2. The van der Waals surface area contributed by atoms with Gasteiger partial charge in [-0.3, -0.25) is 4.79 Å². The average molecular weight is 285 g/mol. The Balaban J connectivity index is 1.82. The minimum Gasteiger partial charge on any atom is -0.338 e. The monoisotopic (exact) mass is 285 g/mol. The van der Waals surface area contributed by atoms with Crippen molar-refractivity contribution in [2.45, 2.75) is 38.9 Å². The summed E-state index contributed by atoms with van der Waals surface area (Å²) in [5.74, 6) is 0.233. The molecule has 0 unspecified atom stereocenters. The van der Waals surface area contributed by atoms with Crippen molar-refractivity contribution in [3.8, 4) is 0 Å². The molecule has 1 aliphatic rings. The predicted octanol–water partition coefficient (Wildman–Crippen LogP) is 2.37. The van der Waals surface area contributed by atoms with Crippen LogP contribution in [0.3, 0.4) is 0 Å². The molecule has 2 aromatic rings. The first-order chi connectivity index (χ1) is 10.2. The Morgan fingerprint density at radius 2 is 2.19 bits per heavy atom. The van der Waals surface area contributed by atoms with E-state index in [1.54, 1.807) is 0 Å². The van der Waals surface area contributed by atoms with Crippen LogP contribution in [0.4, 0.5) is 0 Å². The minimum absolute atomic E-state index is 0.233. The van der Waals surface area contributed by atoms with Crippen LogP contribution in [0.1, 0.15) is 25.3 Å². The van der Waals surface area contributed by atoms with Gasteiger partial charge in [-0.05, 0) is 49.9 Å². The zero-order chi connectivity index (χ0) is 14.8. The van der Waals surface area contributed by atoms with Crippen molar-refractivity contribution >= 4 is 16.8 Å². The van der Waals surface area contributed by atoms with Gasteiger partial charge in [0.1, 0.15) is 6.54 Å². The molecule has 3 rings (SSSR count). The summed E-state index contributed by atoms with van der Waals surface area (Å²) < 4.78 is 2.07. The number of aromatic nitrogens is 1. The summed E-state index contributed by atoms with van der Waals surface area (Å²) in [7, 11) is 1.95. The summed E-state index contributed by atoms with van der Waals surface area (Å²) in [5, 5.41) is 4.36. The molecule has 0 aliphatic heterocycles. The number of benzene rings is 1.